The second kappa shape index (κ2) is 6.68. The van der Waals surface area contributed by atoms with Gasteiger partial charge in [-0.1, -0.05) is 6.92 Å². The normalized spacial score (nSPS) is 10.2. The Kier molecular flexibility index (Phi) is 5.20. The minimum absolute atomic E-state index is 0.370. The maximum atomic E-state index is 11.4. The molecular weight excluding hydrogens is 220 g/mol. The molecule has 0 bridgehead atoms. The van der Waals surface area contributed by atoms with E-state index < -0.39 is 0 Å². The molecule has 3 N–H and O–H groups in total. The van der Waals surface area contributed by atoms with Crippen molar-refractivity contribution in [1.29, 1.82) is 5.26 Å². The van der Waals surface area contributed by atoms with Crippen LogP contribution in [0.3, 0.4) is 0 Å². The molecule has 92 valence electrons. The minimum Gasteiger partial charge on any atom is -0.467 e. The zero-order valence-electron chi connectivity index (χ0n) is 9.77. The van der Waals surface area contributed by atoms with E-state index in [4.69, 9.17) is 15.5 Å². The summed E-state index contributed by atoms with van der Waals surface area (Å²) in [6.45, 7) is 3.92. The SMILES string of the molecule is CCN(CCC#N)Cc1occc1C(=O)NN. The van der Waals surface area contributed by atoms with Crippen molar-refractivity contribution < 1.29 is 9.21 Å². The number of furan rings is 1. The minimum atomic E-state index is -0.370. The van der Waals surface area contributed by atoms with Gasteiger partial charge in [-0.25, -0.2) is 5.84 Å². The van der Waals surface area contributed by atoms with Gasteiger partial charge < -0.3 is 4.42 Å². The number of hydrogen-bond donors (Lipinski definition) is 2. The summed E-state index contributed by atoms with van der Waals surface area (Å²) in [5.41, 5.74) is 2.51. The van der Waals surface area contributed by atoms with E-state index in [1.54, 1.807) is 6.07 Å². The number of hydrogen-bond acceptors (Lipinski definition) is 5. The van der Waals surface area contributed by atoms with E-state index in [1.165, 1.54) is 6.26 Å². The Labute approximate surface area is 100.0 Å². The van der Waals surface area contributed by atoms with E-state index in [2.05, 4.69) is 11.5 Å². The van der Waals surface area contributed by atoms with E-state index in [9.17, 15) is 4.79 Å². The fourth-order valence-electron chi connectivity index (χ4n) is 1.50. The van der Waals surface area contributed by atoms with Crippen molar-refractivity contribution in [3.8, 4) is 6.07 Å². The van der Waals surface area contributed by atoms with Crippen molar-refractivity contribution in [2.75, 3.05) is 13.1 Å². The van der Waals surface area contributed by atoms with Crippen molar-refractivity contribution in [3.63, 3.8) is 0 Å². The highest BCUT2D eigenvalue weighted by molar-refractivity contribution is 5.94. The van der Waals surface area contributed by atoms with Gasteiger partial charge in [-0.15, -0.1) is 0 Å². The average Bonchev–Trinajstić information content (AvgIpc) is 2.81. The molecule has 0 aliphatic carbocycles. The Balaban J connectivity index is 2.70. The molecule has 1 heterocycles. The summed E-state index contributed by atoms with van der Waals surface area (Å²) in [5.74, 6) is 5.27. The quantitative estimate of drug-likeness (QED) is 0.429. The highest BCUT2D eigenvalue weighted by atomic mass is 16.3. The van der Waals surface area contributed by atoms with Gasteiger partial charge in [0.05, 0.1) is 24.4 Å². The standard InChI is InChI=1S/C11H16N4O2/c1-2-15(6-3-5-12)8-10-9(4-7-17-10)11(16)14-13/h4,7H,2-3,6,8,13H2,1H3,(H,14,16). The molecule has 0 saturated carbocycles. The molecule has 1 rings (SSSR count). The fourth-order valence-corrected chi connectivity index (χ4v) is 1.50. The Morgan fingerprint density at radius 2 is 2.47 bits per heavy atom. The lowest BCUT2D eigenvalue weighted by Gasteiger charge is -2.17. The summed E-state index contributed by atoms with van der Waals surface area (Å²) in [6.07, 6.45) is 1.91. The van der Waals surface area contributed by atoms with Gasteiger partial charge in [0.1, 0.15) is 5.76 Å². The largest absolute Gasteiger partial charge is 0.467 e. The van der Waals surface area contributed by atoms with Crippen LogP contribution in [0.4, 0.5) is 0 Å². The van der Waals surface area contributed by atoms with Crippen molar-refractivity contribution in [2.24, 2.45) is 5.84 Å². The Morgan fingerprint density at radius 3 is 3.06 bits per heavy atom. The number of nitriles is 1. The predicted molar refractivity (Wildman–Crippen MR) is 61.5 cm³/mol. The topological polar surface area (TPSA) is 95.3 Å². The van der Waals surface area contributed by atoms with E-state index in [0.29, 0.717) is 30.8 Å². The van der Waals surface area contributed by atoms with Crippen LogP contribution in [-0.4, -0.2) is 23.9 Å². The van der Waals surface area contributed by atoms with Crippen molar-refractivity contribution in [3.05, 3.63) is 23.7 Å². The Bertz CT molecular complexity index is 408. The van der Waals surface area contributed by atoms with Crippen LogP contribution in [0.25, 0.3) is 0 Å². The third kappa shape index (κ3) is 3.59. The molecule has 17 heavy (non-hydrogen) atoms. The molecular formula is C11H16N4O2. The summed E-state index contributed by atoms with van der Waals surface area (Å²) >= 11 is 0. The van der Waals surface area contributed by atoms with Crippen LogP contribution in [-0.2, 0) is 6.54 Å². The number of carbonyl (C=O) groups excluding carboxylic acids is 1. The van der Waals surface area contributed by atoms with E-state index in [-0.39, 0.29) is 5.91 Å². The van der Waals surface area contributed by atoms with Gasteiger partial charge in [-0.05, 0) is 12.6 Å². The van der Waals surface area contributed by atoms with Crippen LogP contribution in [0.15, 0.2) is 16.7 Å². The van der Waals surface area contributed by atoms with Crippen molar-refractivity contribution in [1.82, 2.24) is 10.3 Å². The van der Waals surface area contributed by atoms with Crippen molar-refractivity contribution in [2.45, 2.75) is 19.9 Å². The van der Waals surface area contributed by atoms with Gasteiger partial charge in [0, 0.05) is 13.0 Å². The Hall–Kier alpha value is -1.84. The molecule has 0 fully saturated rings. The third-order valence-corrected chi connectivity index (χ3v) is 2.48. The molecule has 6 nitrogen and oxygen atoms in total. The number of nitrogens with zero attached hydrogens (tertiary/aromatic N) is 2. The van der Waals surface area contributed by atoms with Crippen LogP contribution in [0, 0.1) is 11.3 Å². The average molecular weight is 236 g/mol. The molecule has 0 spiro atoms. The fraction of sp³-hybridized carbons (Fsp3) is 0.455. The van der Waals surface area contributed by atoms with Crippen molar-refractivity contribution >= 4 is 5.91 Å². The summed E-state index contributed by atoms with van der Waals surface area (Å²) in [5, 5.41) is 8.54. The summed E-state index contributed by atoms with van der Waals surface area (Å²) in [7, 11) is 0. The molecule has 0 aromatic carbocycles. The third-order valence-electron chi connectivity index (χ3n) is 2.48. The number of nitrogens with two attached hydrogens (primary N) is 1. The first kappa shape index (κ1) is 13.2. The summed E-state index contributed by atoms with van der Waals surface area (Å²) < 4.78 is 5.26. The van der Waals surface area contributed by atoms with Crippen LogP contribution >= 0.6 is 0 Å². The number of rotatable bonds is 6. The number of nitrogens with one attached hydrogen (secondary N) is 1. The monoisotopic (exact) mass is 236 g/mol. The number of amides is 1. The molecule has 0 atom stereocenters. The lowest BCUT2D eigenvalue weighted by molar-refractivity contribution is 0.0950. The number of carbonyl (C=O) groups is 1. The van der Waals surface area contributed by atoms with E-state index >= 15 is 0 Å². The van der Waals surface area contributed by atoms with Crippen LogP contribution in [0.2, 0.25) is 0 Å². The number of hydrazine groups is 1. The van der Waals surface area contributed by atoms with Gasteiger partial charge >= 0.3 is 0 Å². The molecule has 0 radical (unpaired) electrons. The van der Waals surface area contributed by atoms with Crippen LogP contribution in [0.1, 0.15) is 29.5 Å². The zero-order chi connectivity index (χ0) is 12.7. The van der Waals surface area contributed by atoms with Gasteiger partial charge in [-0.2, -0.15) is 5.26 Å². The highest BCUT2D eigenvalue weighted by Crippen LogP contribution is 2.13. The molecule has 6 heteroatoms. The molecule has 0 saturated heterocycles. The second-order valence-electron chi connectivity index (χ2n) is 3.51. The van der Waals surface area contributed by atoms with Crippen LogP contribution < -0.4 is 11.3 Å². The summed E-state index contributed by atoms with van der Waals surface area (Å²) in [4.78, 5) is 13.4. The first-order valence-corrected chi connectivity index (χ1v) is 5.39. The van der Waals surface area contributed by atoms with Gasteiger partial charge in [0.15, 0.2) is 0 Å². The van der Waals surface area contributed by atoms with Gasteiger partial charge in [0.2, 0.25) is 0 Å². The molecule has 0 unspecified atom stereocenters. The Morgan fingerprint density at radius 1 is 1.71 bits per heavy atom. The molecule has 1 amide bonds. The first-order valence-electron chi connectivity index (χ1n) is 5.39. The maximum absolute atomic E-state index is 11.4. The predicted octanol–water partition coefficient (Wildman–Crippen LogP) is 0.619. The molecule has 1 aromatic heterocycles. The smallest absolute Gasteiger partial charge is 0.268 e. The maximum Gasteiger partial charge on any atom is 0.268 e. The first-order chi connectivity index (χ1) is 8.22. The second-order valence-corrected chi connectivity index (χ2v) is 3.51. The van der Waals surface area contributed by atoms with Gasteiger partial charge in [0.25, 0.3) is 5.91 Å². The summed E-state index contributed by atoms with van der Waals surface area (Å²) in [6, 6.07) is 3.67. The van der Waals surface area contributed by atoms with Crippen LogP contribution in [0.5, 0.6) is 0 Å². The highest BCUT2D eigenvalue weighted by Gasteiger charge is 2.15. The zero-order valence-corrected chi connectivity index (χ0v) is 9.77. The van der Waals surface area contributed by atoms with Gasteiger partial charge in [-0.3, -0.25) is 15.1 Å². The van der Waals surface area contributed by atoms with E-state index in [0.717, 1.165) is 6.54 Å². The van der Waals surface area contributed by atoms with E-state index in [1.807, 2.05) is 11.8 Å². The molecule has 0 aliphatic rings. The molecule has 0 aliphatic heterocycles. The number of nitrogen functional groups attached to an aromatic ring is 1. The lowest BCUT2D eigenvalue weighted by atomic mass is 10.2. The molecule has 1 aromatic rings. The lowest BCUT2D eigenvalue weighted by Crippen LogP contribution is -2.31.